The molecule has 1 heterocycles. The van der Waals surface area contributed by atoms with Crippen LogP contribution < -0.4 is 5.32 Å². The van der Waals surface area contributed by atoms with Crippen molar-refractivity contribution in [3.05, 3.63) is 66.0 Å². The molecule has 0 aliphatic carbocycles. The Morgan fingerprint density at radius 3 is 2.57 bits per heavy atom. The third-order valence-electron chi connectivity index (χ3n) is 2.77. The summed E-state index contributed by atoms with van der Waals surface area (Å²) in [4.78, 5) is 26.7. The van der Waals surface area contributed by atoms with Gasteiger partial charge in [-0.15, -0.1) is 0 Å². The van der Waals surface area contributed by atoms with Gasteiger partial charge in [-0.25, -0.2) is 0 Å². The molecule has 0 fully saturated rings. The fourth-order valence-electron chi connectivity index (χ4n) is 1.69. The van der Waals surface area contributed by atoms with Crippen LogP contribution in [0.3, 0.4) is 0 Å². The Morgan fingerprint density at radius 1 is 1.13 bits per heavy atom. The largest absolute Gasteiger partial charge is 0.454 e. The maximum atomic E-state index is 12.1. The predicted octanol–water partition coefficient (Wildman–Crippen LogP) is 3.48. The molecule has 0 radical (unpaired) electrons. The topological polar surface area (TPSA) is 59.1 Å². The minimum Gasteiger partial charge on any atom is -0.321 e. The Morgan fingerprint density at radius 2 is 1.91 bits per heavy atom. The fraction of sp³-hybridized carbons (Fsp3) is 0.0625. The number of alkyl halides is 3. The number of halogens is 3. The molecule has 1 N–H and O–H groups in total. The highest BCUT2D eigenvalue weighted by Gasteiger charge is 2.35. The lowest BCUT2D eigenvalue weighted by Gasteiger charge is -2.05. The van der Waals surface area contributed by atoms with Crippen molar-refractivity contribution in [2.75, 3.05) is 5.32 Å². The van der Waals surface area contributed by atoms with E-state index in [0.717, 1.165) is 6.08 Å². The minimum atomic E-state index is -4.91. The van der Waals surface area contributed by atoms with E-state index in [1.165, 1.54) is 30.5 Å². The predicted molar refractivity (Wildman–Crippen MR) is 78.7 cm³/mol. The van der Waals surface area contributed by atoms with Crippen LogP contribution in [0.1, 0.15) is 15.9 Å². The number of carbonyl (C=O) groups is 2. The van der Waals surface area contributed by atoms with Crippen molar-refractivity contribution in [2.24, 2.45) is 0 Å². The number of nitrogens with zero attached hydrogens (tertiary/aromatic N) is 1. The van der Waals surface area contributed by atoms with Gasteiger partial charge in [-0.05, 0) is 35.9 Å². The summed E-state index contributed by atoms with van der Waals surface area (Å²) in [5, 5.41) is 2.60. The van der Waals surface area contributed by atoms with E-state index in [1.54, 1.807) is 18.3 Å². The van der Waals surface area contributed by atoms with Gasteiger partial charge in [-0.1, -0.05) is 18.2 Å². The van der Waals surface area contributed by atoms with Crippen molar-refractivity contribution >= 4 is 23.5 Å². The first kappa shape index (κ1) is 16.4. The second-order valence-electron chi connectivity index (χ2n) is 4.52. The summed E-state index contributed by atoms with van der Waals surface area (Å²) in [5.41, 5.74) is 1.04. The second-order valence-corrected chi connectivity index (χ2v) is 4.52. The highest BCUT2D eigenvalue weighted by molar-refractivity contribution is 6.04. The first-order valence-corrected chi connectivity index (χ1v) is 6.47. The molecule has 0 aliphatic rings. The molecular formula is C16H11F3N2O2. The molecule has 0 unspecified atom stereocenters. The van der Waals surface area contributed by atoms with Crippen molar-refractivity contribution in [1.82, 2.24) is 4.98 Å². The number of rotatable bonds is 4. The van der Waals surface area contributed by atoms with E-state index in [1.807, 2.05) is 0 Å². The Hall–Kier alpha value is -2.96. The van der Waals surface area contributed by atoms with Crippen LogP contribution in [0.15, 0.2) is 54.9 Å². The number of pyridine rings is 1. The molecule has 2 aromatic rings. The summed E-state index contributed by atoms with van der Waals surface area (Å²) in [6.45, 7) is 0. The molecule has 0 spiro atoms. The van der Waals surface area contributed by atoms with E-state index in [9.17, 15) is 22.8 Å². The van der Waals surface area contributed by atoms with E-state index in [0.29, 0.717) is 17.3 Å². The first-order valence-electron chi connectivity index (χ1n) is 6.47. The standard InChI is InChI=1S/C16H11F3N2O2/c17-16(18,19)14(22)7-6-11-3-1-4-12(9-11)15(23)21-13-5-2-8-20-10-13/h1-10H,(H,21,23). The van der Waals surface area contributed by atoms with E-state index in [2.05, 4.69) is 10.3 Å². The Balaban J connectivity index is 2.12. The number of hydrogen-bond donors (Lipinski definition) is 1. The molecule has 7 heteroatoms. The van der Waals surface area contributed by atoms with Crippen LogP contribution in [0.2, 0.25) is 0 Å². The third-order valence-corrected chi connectivity index (χ3v) is 2.77. The Kier molecular flexibility index (Phi) is 4.90. The molecule has 4 nitrogen and oxygen atoms in total. The summed E-state index contributed by atoms with van der Waals surface area (Å²) in [7, 11) is 0. The Bertz CT molecular complexity index is 740. The number of nitrogens with one attached hydrogen (secondary N) is 1. The van der Waals surface area contributed by atoms with Gasteiger partial charge in [-0.3, -0.25) is 14.6 Å². The summed E-state index contributed by atoms with van der Waals surface area (Å²) in [5.74, 6) is -2.39. The van der Waals surface area contributed by atoms with Crippen LogP contribution in [0.4, 0.5) is 18.9 Å². The van der Waals surface area contributed by atoms with Gasteiger partial charge >= 0.3 is 6.18 Å². The average Bonchev–Trinajstić information content (AvgIpc) is 2.53. The first-order chi connectivity index (χ1) is 10.9. The van der Waals surface area contributed by atoms with Gasteiger partial charge in [0.15, 0.2) is 0 Å². The van der Waals surface area contributed by atoms with Gasteiger partial charge in [0.25, 0.3) is 11.7 Å². The fourth-order valence-corrected chi connectivity index (χ4v) is 1.69. The molecule has 1 amide bonds. The lowest BCUT2D eigenvalue weighted by molar-refractivity contribution is -0.165. The lowest BCUT2D eigenvalue weighted by Crippen LogP contribution is -2.19. The molecule has 1 aromatic carbocycles. The monoisotopic (exact) mass is 320 g/mol. The minimum absolute atomic E-state index is 0.246. The molecule has 0 bridgehead atoms. The summed E-state index contributed by atoms with van der Waals surface area (Å²) < 4.78 is 36.4. The third kappa shape index (κ3) is 4.77. The smallest absolute Gasteiger partial charge is 0.321 e. The lowest BCUT2D eigenvalue weighted by atomic mass is 10.1. The van der Waals surface area contributed by atoms with Crippen molar-refractivity contribution in [1.29, 1.82) is 0 Å². The van der Waals surface area contributed by atoms with Crippen LogP contribution in [-0.2, 0) is 4.79 Å². The number of aromatic nitrogens is 1. The molecule has 0 aliphatic heterocycles. The quantitative estimate of drug-likeness (QED) is 0.878. The molecule has 23 heavy (non-hydrogen) atoms. The number of anilines is 1. The molecule has 0 saturated heterocycles. The van der Waals surface area contributed by atoms with Crippen molar-refractivity contribution in [2.45, 2.75) is 6.18 Å². The molecule has 118 valence electrons. The molecule has 0 saturated carbocycles. The second kappa shape index (κ2) is 6.87. The van der Waals surface area contributed by atoms with Gasteiger partial charge in [-0.2, -0.15) is 13.2 Å². The normalized spacial score (nSPS) is 11.4. The van der Waals surface area contributed by atoms with Gasteiger partial charge < -0.3 is 5.32 Å². The zero-order valence-electron chi connectivity index (χ0n) is 11.7. The van der Waals surface area contributed by atoms with Crippen LogP contribution >= 0.6 is 0 Å². The van der Waals surface area contributed by atoms with Crippen LogP contribution in [0, 0.1) is 0 Å². The van der Waals surface area contributed by atoms with Crippen LogP contribution in [0.5, 0.6) is 0 Å². The van der Waals surface area contributed by atoms with E-state index in [-0.39, 0.29) is 5.56 Å². The molecule has 1 aromatic heterocycles. The van der Waals surface area contributed by atoms with Gasteiger partial charge in [0.2, 0.25) is 0 Å². The molecular weight excluding hydrogens is 309 g/mol. The number of hydrogen-bond acceptors (Lipinski definition) is 3. The number of carbonyl (C=O) groups excluding carboxylic acids is 2. The van der Waals surface area contributed by atoms with Crippen molar-refractivity contribution in [3.8, 4) is 0 Å². The highest BCUT2D eigenvalue weighted by atomic mass is 19.4. The van der Waals surface area contributed by atoms with Gasteiger partial charge in [0.05, 0.1) is 11.9 Å². The Labute approximate surface area is 129 Å². The summed E-state index contributed by atoms with van der Waals surface area (Å²) in [6, 6.07) is 9.19. The summed E-state index contributed by atoms with van der Waals surface area (Å²) in [6.07, 6.45) is -0.455. The average molecular weight is 320 g/mol. The van der Waals surface area contributed by atoms with Crippen molar-refractivity contribution < 1.29 is 22.8 Å². The summed E-state index contributed by atoms with van der Waals surface area (Å²) >= 11 is 0. The maximum absolute atomic E-state index is 12.1. The van der Waals surface area contributed by atoms with Crippen LogP contribution in [0.25, 0.3) is 6.08 Å². The molecule has 2 rings (SSSR count). The zero-order valence-corrected chi connectivity index (χ0v) is 11.7. The number of amides is 1. The van der Waals surface area contributed by atoms with Crippen molar-refractivity contribution in [3.63, 3.8) is 0 Å². The number of benzene rings is 1. The maximum Gasteiger partial charge on any atom is 0.454 e. The SMILES string of the molecule is O=C(Nc1cccnc1)c1cccc(C=CC(=O)C(F)(F)F)c1. The van der Waals surface area contributed by atoms with Crippen LogP contribution in [-0.4, -0.2) is 22.9 Å². The highest BCUT2D eigenvalue weighted by Crippen LogP contribution is 2.17. The number of ketones is 1. The zero-order chi connectivity index (χ0) is 16.9. The number of allylic oxidation sites excluding steroid dienone is 1. The van der Waals surface area contributed by atoms with Gasteiger partial charge in [0, 0.05) is 11.8 Å². The van der Waals surface area contributed by atoms with E-state index < -0.39 is 17.9 Å². The van der Waals surface area contributed by atoms with E-state index >= 15 is 0 Å². The molecule has 0 atom stereocenters. The van der Waals surface area contributed by atoms with E-state index in [4.69, 9.17) is 0 Å². The van der Waals surface area contributed by atoms with Gasteiger partial charge in [0.1, 0.15) is 0 Å².